The van der Waals surface area contributed by atoms with Crippen molar-refractivity contribution in [3.8, 4) is 0 Å². The third kappa shape index (κ3) is 11.5. The largest absolute Gasteiger partial charge is 0.530 e. The second-order valence-electron chi connectivity index (χ2n) is 1.32. The van der Waals surface area contributed by atoms with Gasteiger partial charge in [0.2, 0.25) is 0 Å². The summed E-state index contributed by atoms with van der Waals surface area (Å²) in [5.41, 5.74) is 3.92. The molecule has 1 rings (SSSR count). The van der Waals surface area contributed by atoms with E-state index in [9.17, 15) is 0 Å². The van der Waals surface area contributed by atoms with Gasteiger partial charge in [-0.05, 0) is 6.42 Å². The molecule has 0 unspecified atom stereocenters. The van der Waals surface area contributed by atoms with Gasteiger partial charge >= 0.3 is 0 Å². The highest BCUT2D eigenvalue weighted by atomic mass is 33.1. The van der Waals surface area contributed by atoms with Crippen LogP contribution in [-0.2, 0) is 0 Å². The monoisotopic (exact) mass is 166 g/mol. The van der Waals surface area contributed by atoms with E-state index in [0.717, 1.165) is 0 Å². The second kappa shape index (κ2) is 6.10. The fraction of sp³-hybridized carbons (Fsp3) is 0.750. The molecule has 0 aromatic carbocycles. The maximum Gasteiger partial charge on any atom is 0.131 e. The summed E-state index contributed by atoms with van der Waals surface area (Å²) in [6, 6.07) is 0. The van der Waals surface area contributed by atoms with Crippen LogP contribution >= 0.6 is 21.6 Å². The Labute approximate surface area is 61.8 Å². The van der Waals surface area contributed by atoms with Gasteiger partial charge in [-0.2, -0.15) is 0 Å². The van der Waals surface area contributed by atoms with Gasteiger partial charge in [0.05, 0.1) is 0 Å². The highest BCUT2D eigenvalue weighted by molar-refractivity contribution is 8.77. The first-order valence-corrected chi connectivity index (χ1v) is 4.93. The Bertz CT molecular complexity index is 73.0. The third-order valence-electron chi connectivity index (χ3n) is 0.539. The van der Waals surface area contributed by atoms with Gasteiger partial charge in [-0.25, -0.2) is 0 Å². The van der Waals surface area contributed by atoms with E-state index >= 15 is 0 Å². The molecule has 1 amide bonds. The zero-order valence-electron chi connectivity index (χ0n) is 4.83. The molecule has 5 heteroatoms. The lowest BCUT2D eigenvalue weighted by molar-refractivity contribution is -0.245. The second-order valence-corrected chi connectivity index (χ2v) is 4.02. The molecular weight excluding hydrogens is 158 g/mol. The lowest BCUT2D eigenvalue weighted by Gasteiger charge is -1.78. The first-order valence-electron chi connectivity index (χ1n) is 2.44. The van der Waals surface area contributed by atoms with Crippen molar-refractivity contribution < 1.29 is 9.90 Å². The van der Waals surface area contributed by atoms with E-state index in [1.54, 1.807) is 0 Å². The summed E-state index contributed by atoms with van der Waals surface area (Å²) in [7, 11) is 3.98. The van der Waals surface area contributed by atoms with E-state index in [0.29, 0.717) is 0 Å². The summed E-state index contributed by atoms with van der Waals surface area (Å²) in [6.07, 6.45) is -0.157. The number of nitrogens with two attached hydrogens (primary N) is 1. The molecule has 3 nitrogen and oxygen atoms in total. The van der Waals surface area contributed by atoms with E-state index in [-0.39, 0.29) is 0 Å². The predicted octanol–water partition coefficient (Wildman–Crippen LogP) is 0.0599. The van der Waals surface area contributed by atoms with Gasteiger partial charge in [0.25, 0.3) is 0 Å². The maximum atomic E-state index is 8.67. The van der Waals surface area contributed by atoms with E-state index in [4.69, 9.17) is 9.90 Å². The van der Waals surface area contributed by atoms with Crippen LogP contribution < -0.4 is 10.8 Å². The van der Waals surface area contributed by atoms with E-state index < -0.39 is 6.09 Å². The van der Waals surface area contributed by atoms with E-state index in [1.165, 1.54) is 17.9 Å². The standard InChI is InChI=1S/C3H6S2.CH3NO2/c1-2-4-5-3-1;2-1(3)4/h1-3H2;2H2,(H,3,4)/p-1. The Balaban J connectivity index is 0.000000148. The van der Waals surface area contributed by atoms with Crippen molar-refractivity contribution in [2.24, 2.45) is 5.73 Å². The van der Waals surface area contributed by atoms with Gasteiger partial charge in [-0.3, -0.25) is 0 Å². The molecule has 1 aliphatic heterocycles. The van der Waals surface area contributed by atoms with Gasteiger partial charge in [0.1, 0.15) is 6.09 Å². The first kappa shape index (κ1) is 8.97. The molecule has 54 valence electrons. The topological polar surface area (TPSA) is 66.2 Å². The van der Waals surface area contributed by atoms with Crippen molar-refractivity contribution in [2.45, 2.75) is 6.42 Å². The molecular formula is C4H8NO2S2-. The molecule has 0 spiro atoms. The number of carboxylic acid groups (broad SMARTS) is 1. The quantitative estimate of drug-likeness (QED) is 0.517. The number of carbonyl (C=O) groups excluding carboxylic acids is 1. The zero-order valence-corrected chi connectivity index (χ0v) is 6.46. The minimum atomic E-state index is -1.58. The first-order chi connectivity index (χ1) is 4.23. The average molecular weight is 166 g/mol. The summed E-state index contributed by atoms with van der Waals surface area (Å²) in [5, 5.41) is 8.67. The number of hydrogen-bond acceptors (Lipinski definition) is 4. The third-order valence-corrected chi connectivity index (χ3v) is 3.12. The molecule has 0 bridgehead atoms. The number of rotatable bonds is 0. The Kier molecular flexibility index (Phi) is 6.08. The number of amides is 1. The number of carbonyl (C=O) groups is 1. The minimum absolute atomic E-state index is 1.38. The van der Waals surface area contributed by atoms with Crippen LogP contribution in [0.3, 0.4) is 0 Å². The summed E-state index contributed by atoms with van der Waals surface area (Å²) in [5.74, 6) is 2.76. The molecule has 1 aliphatic rings. The molecule has 0 atom stereocenters. The number of primary amides is 1. The highest BCUT2D eigenvalue weighted by Gasteiger charge is 1.96. The molecule has 2 N–H and O–H groups in total. The van der Waals surface area contributed by atoms with Crippen LogP contribution in [0.2, 0.25) is 0 Å². The summed E-state index contributed by atoms with van der Waals surface area (Å²) in [6.45, 7) is 0. The van der Waals surface area contributed by atoms with Gasteiger partial charge < -0.3 is 15.6 Å². The molecule has 9 heavy (non-hydrogen) atoms. The lowest BCUT2D eigenvalue weighted by Crippen LogP contribution is -2.29. The normalized spacial score (nSPS) is 16.0. The van der Waals surface area contributed by atoms with Crippen LogP contribution in [0.25, 0.3) is 0 Å². The van der Waals surface area contributed by atoms with Crippen LogP contribution in [0.15, 0.2) is 0 Å². The predicted molar refractivity (Wildman–Crippen MR) is 39.1 cm³/mol. The minimum Gasteiger partial charge on any atom is -0.530 e. The fourth-order valence-corrected chi connectivity index (χ4v) is 2.65. The van der Waals surface area contributed by atoms with Crippen LogP contribution in [-0.4, -0.2) is 17.6 Å². The van der Waals surface area contributed by atoms with Crippen molar-refractivity contribution in [1.82, 2.24) is 0 Å². The Hall–Kier alpha value is -0.0300. The molecule has 1 saturated heterocycles. The smallest absolute Gasteiger partial charge is 0.131 e. The van der Waals surface area contributed by atoms with Crippen LogP contribution in [0.5, 0.6) is 0 Å². The summed E-state index contributed by atoms with van der Waals surface area (Å²) in [4.78, 5) is 8.67. The average Bonchev–Trinajstić information content (AvgIpc) is 2.11. The summed E-state index contributed by atoms with van der Waals surface area (Å²) < 4.78 is 0. The van der Waals surface area contributed by atoms with Gasteiger partial charge in [0, 0.05) is 11.5 Å². The number of hydrogen-bond donors (Lipinski definition) is 1. The Morgan fingerprint density at radius 3 is 1.89 bits per heavy atom. The molecule has 0 aliphatic carbocycles. The van der Waals surface area contributed by atoms with Gasteiger partial charge in [-0.1, -0.05) is 21.6 Å². The lowest BCUT2D eigenvalue weighted by atomic mass is 10.6. The molecule has 1 heterocycles. The van der Waals surface area contributed by atoms with Gasteiger partial charge in [0.15, 0.2) is 0 Å². The van der Waals surface area contributed by atoms with Crippen molar-refractivity contribution in [3.63, 3.8) is 0 Å². The van der Waals surface area contributed by atoms with Crippen molar-refractivity contribution in [2.75, 3.05) is 11.5 Å². The van der Waals surface area contributed by atoms with Crippen LogP contribution in [0.4, 0.5) is 4.79 Å². The molecule has 0 radical (unpaired) electrons. The fourth-order valence-electron chi connectivity index (χ4n) is 0.295. The van der Waals surface area contributed by atoms with Crippen LogP contribution in [0.1, 0.15) is 6.42 Å². The molecule has 0 aromatic rings. The van der Waals surface area contributed by atoms with Gasteiger partial charge in [-0.15, -0.1) is 0 Å². The van der Waals surface area contributed by atoms with Crippen molar-refractivity contribution >= 4 is 27.7 Å². The highest BCUT2D eigenvalue weighted by Crippen LogP contribution is 2.29. The molecule has 1 fully saturated rings. The Morgan fingerprint density at radius 2 is 1.78 bits per heavy atom. The maximum absolute atomic E-state index is 8.67. The Morgan fingerprint density at radius 1 is 1.44 bits per heavy atom. The summed E-state index contributed by atoms with van der Waals surface area (Å²) >= 11 is 0. The van der Waals surface area contributed by atoms with Crippen LogP contribution in [0, 0.1) is 0 Å². The SMILES string of the molecule is C1CSSC1.NC(=O)[O-]. The van der Waals surface area contributed by atoms with E-state index in [2.05, 4.69) is 5.73 Å². The van der Waals surface area contributed by atoms with Crippen molar-refractivity contribution in [1.29, 1.82) is 0 Å². The molecule has 0 aromatic heterocycles. The van der Waals surface area contributed by atoms with Crippen molar-refractivity contribution in [3.05, 3.63) is 0 Å². The molecule has 0 saturated carbocycles. The van der Waals surface area contributed by atoms with E-state index in [1.807, 2.05) is 21.6 Å². The zero-order chi connectivity index (χ0) is 7.11.